The van der Waals surface area contributed by atoms with Crippen LogP contribution in [0.15, 0.2) is 152 Å². The van der Waals surface area contributed by atoms with Gasteiger partial charge in [0, 0.05) is 16.5 Å². The van der Waals surface area contributed by atoms with E-state index in [1.165, 1.54) is 82.4 Å². The Morgan fingerprint density at radius 3 is 1.80 bits per heavy atom. The van der Waals surface area contributed by atoms with Crippen molar-refractivity contribution in [1.82, 2.24) is 4.57 Å². The van der Waals surface area contributed by atoms with Gasteiger partial charge in [-0.2, -0.15) is 0 Å². The number of nitrogens with zero attached hydrogens (tertiary/aromatic N) is 1. The van der Waals surface area contributed by atoms with Gasteiger partial charge >= 0.3 is 0 Å². The van der Waals surface area contributed by atoms with Crippen LogP contribution in [0, 0.1) is 0 Å². The molecule has 0 radical (unpaired) electrons. The zero-order chi connectivity index (χ0) is 29.6. The van der Waals surface area contributed by atoms with Crippen LogP contribution in [-0.4, -0.2) is 4.57 Å². The molecule has 0 aliphatic carbocycles. The largest absolute Gasteiger partial charge is 0.309 e. The molecule has 8 aromatic rings. The van der Waals surface area contributed by atoms with E-state index in [9.17, 15) is 0 Å². The summed E-state index contributed by atoms with van der Waals surface area (Å²) in [5.74, 6) is 0. The molecular weight excluding hydrogens is 530 g/mol. The van der Waals surface area contributed by atoms with E-state index >= 15 is 0 Å². The number of hydrogen-bond donors (Lipinski definition) is 0. The van der Waals surface area contributed by atoms with Crippen molar-refractivity contribution in [3.05, 3.63) is 163 Å². The highest BCUT2D eigenvalue weighted by Crippen LogP contribution is 2.39. The molecule has 1 heteroatoms. The van der Waals surface area contributed by atoms with Crippen LogP contribution in [0.5, 0.6) is 0 Å². The van der Waals surface area contributed by atoms with E-state index in [1.54, 1.807) is 0 Å². The summed E-state index contributed by atoms with van der Waals surface area (Å²) in [6, 6.07) is 50.7. The molecule has 208 valence electrons. The molecule has 1 nitrogen and oxygen atoms in total. The van der Waals surface area contributed by atoms with Crippen molar-refractivity contribution in [2.75, 3.05) is 0 Å². The van der Waals surface area contributed by atoms with Crippen LogP contribution >= 0.6 is 0 Å². The lowest BCUT2D eigenvalue weighted by Gasteiger charge is -2.15. The van der Waals surface area contributed by atoms with Crippen molar-refractivity contribution >= 4 is 55.5 Å². The molecule has 0 aliphatic rings. The molecule has 0 aliphatic heterocycles. The first kappa shape index (κ1) is 26.0. The third kappa shape index (κ3) is 4.09. The van der Waals surface area contributed by atoms with E-state index in [-0.39, 0.29) is 0 Å². The predicted octanol–water partition coefficient (Wildman–Crippen LogP) is 12.1. The molecule has 0 fully saturated rings. The summed E-state index contributed by atoms with van der Waals surface area (Å²) in [5.41, 5.74) is 10.9. The SMILES string of the molecule is C=Cc1c(/C=C\C)c2ccccc2c2cc(-c3cccc(-c4ccc5c(c4)c4ccccc4n5-c4ccccc4)c3)ccc12. The zero-order valence-corrected chi connectivity index (χ0v) is 24.7. The van der Waals surface area contributed by atoms with Gasteiger partial charge in [0.1, 0.15) is 0 Å². The second-order valence-corrected chi connectivity index (χ2v) is 11.3. The first-order valence-electron chi connectivity index (χ1n) is 15.2. The lowest BCUT2D eigenvalue weighted by atomic mass is 9.89. The summed E-state index contributed by atoms with van der Waals surface area (Å²) in [7, 11) is 0. The summed E-state index contributed by atoms with van der Waals surface area (Å²) in [6.45, 7) is 6.25. The lowest BCUT2D eigenvalue weighted by Crippen LogP contribution is -1.92. The van der Waals surface area contributed by atoms with E-state index in [0.29, 0.717) is 0 Å². The minimum atomic E-state index is 1.18. The van der Waals surface area contributed by atoms with Gasteiger partial charge in [0.25, 0.3) is 0 Å². The molecular formula is C43H31N. The number of rotatable bonds is 5. The maximum atomic E-state index is 4.18. The molecule has 0 spiro atoms. The first-order chi connectivity index (χ1) is 21.7. The average molecular weight is 562 g/mol. The van der Waals surface area contributed by atoms with Crippen molar-refractivity contribution in [1.29, 1.82) is 0 Å². The van der Waals surface area contributed by atoms with E-state index in [1.807, 2.05) is 6.08 Å². The third-order valence-electron chi connectivity index (χ3n) is 8.86. The van der Waals surface area contributed by atoms with Gasteiger partial charge in [0.2, 0.25) is 0 Å². The smallest absolute Gasteiger partial charge is 0.0541 e. The van der Waals surface area contributed by atoms with Crippen molar-refractivity contribution in [2.24, 2.45) is 0 Å². The maximum absolute atomic E-state index is 4.18. The highest BCUT2D eigenvalue weighted by atomic mass is 15.0. The van der Waals surface area contributed by atoms with Gasteiger partial charge < -0.3 is 4.57 Å². The van der Waals surface area contributed by atoms with Gasteiger partial charge in [-0.3, -0.25) is 0 Å². The summed E-state index contributed by atoms with van der Waals surface area (Å²) in [6.07, 6.45) is 6.30. The highest BCUT2D eigenvalue weighted by molar-refractivity contribution is 6.16. The number of para-hydroxylation sites is 2. The van der Waals surface area contributed by atoms with Crippen LogP contribution in [0.1, 0.15) is 18.1 Å². The van der Waals surface area contributed by atoms with Gasteiger partial charge in [0.05, 0.1) is 11.0 Å². The molecule has 0 saturated carbocycles. The molecule has 0 unspecified atom stereocenters. The summed E-state index contributed by atoms with van der Waals surface area (Å²) >= 11 is 0. The molecule has 0 amide bonds. The highest BCUT2D eigenvalue weighted by Gasteiger charge is 2.14. The number of allylic oxidation sites excluding steroid dienone is 1. The van der Waals surface area contributed by atoms with Crippen molar-refractivity contribution < 1.29 is 0 Å². The molecule has 1 heterocycles. The van der Waals surface area contributed by atoms with Crippen LogP contribution in [0.3, 0.4) is 0 Å². The minimum Gasteiger partial charge on any atom is -0.309 e. The summed E-state index contributed by atoms with van der Waals surface area (Å²) < 4.78 is 2.36. The van der Waals surface area contributed by atoms with E-state index in [0.717, 1.165) is 0 Å². The molecule has 1 aromatic heterocycles. The number of benzene rings is 7. The molecule has 0 N–H and O–H groups in total. The Morgan fingerprint density at radius 1 is 0.455 bits per heavy atom. The van der Waals surface area contributed by atoms with Crippen molar-refractivity contribution in [3.63, 3.8) is 0 Å². The second kappa shape index (κ2) is 10.6. The molecule has 44 heavy (non-hydrogen) atoms. The molecule has 0 atom stereocenters. The van der Waals surface area contributed by atoms with Crippen LogP contribution in [0.4, 0.5) is 0 Å². The van der Waals surface area contributed by atoms with Gasteiger partial charge in [-0.25, -0.2) is 0 Å². The monoisotopic (exact) mass is 561 g/mol. The van der Waals surface area contributed by atoms with Gasteiger partial charge in [-0.1, -0.05) is 122 Å². The summed E-state index contributed by atoms with van der Waals surface area (Å²) in [4.78, 5) is 0. The molecule has 0 bridgehead atoms. The van der Waals surface area contributed by atoms with E-state index in [2.05, 4.69) is 170 Å². The Kier molecular flexibility index (Phi) is 6.24. The fraction of sp³-hybridized carbons (Fsp3) is 0.0233. The molecule has 0 saturated heterocycles. The van der Waals surface area contributed by atoms with E-state index < -0.39 is 0 Å². The fourth-order valence-electron chi connectivity index (χ4n) is 6.88. The quantitative estimate of drug-likeness (QED) is 0.184. The topological polar surface area (TPSA) is 4.93 Å². The fourth-order valence-corrected chi connectivity index (χ4v) is 6.88. The maximum Gasteiger partial charge on any atom is 0.0541 e. The van der Waals surface area contributed by atoms with Crippen LogP contribution < -0.4 is 0 Å². The summed E-state index contributed by atoms with van der Waals surface area (Å²) in [5, 5.41) is 7.52. The zero-order valence-electron chi connectivity index (χ0n) is 24.7. The van der Waals surface area contributed by atoms with Crippen molar-refractivity contribution in [2.45, 2.75) is 6.92 Å². The van der Waals surface area contributed by atoms with Gasteiger partial charge in [-0.15, -0.1) is 0 Å². The Bertz CT molecular complexity index is 2400. The second-order valence-electron chi connectivity index (χ2n) is 11.3. The Labute approximate surface area is 257 Å². The Morgan fingerprint density at radius 2 is 1.05 bits per heavy atom. The molecule has 8 rings (SSSR count). The first-order valence-corrected chi connectivity index (χ1v) is 15.2. The van der Waals surface area contributed by atoms with E-state index in [4.69, 9.17) is 0 Å². The Hall–Kier alpha value is -5.66. The normalized spacial score (nSPS) is 11.8. The number of hydrogen-bond acceptors (Lipinski definition) is 0. The molecule has 7 aromatic carbocycles. The predicted molar refractivity (Wildman–Crippen MR) is 191 cm³/mol. The Balaban J connectivity index is 1.28. The van der Waals surface area contributed by atoms with Crippen LogP contribution in [0.25, 0.3) is 83.4 Å². The van der Waals surface area contributed by atoms with Crippen molar-refractivity contribution in [3.8, 4) is 27.9 Å². The third-order valence-corrected chi connectivity index (χ3v) is 8.86. The standard InChI is InChI=1S/C43H31N/c1-3-13-35-34(4-2)38-24-22-31(27-40(38)37-19-9-8-18-36(35)37)29-14-12-15-30(26-29)32-23-25-43-41(28-32)39-20-10-11-21-42(39)44(43)33-16-6-5-7-17-33/h3-28H,2H2,1H3/b13-3-. The average Bonchev–Trinajstić information content (AvgIpc) is 3.42. The van der Waals surface area contributed by atoms with Gasteiger partial charge in [-0.05, 0) is 104 Å². The lowest BCUT2D eigenvalue weighted by molar-refractivity contribution is 1.18. The number of fused-ring (bicyclic) bond motifs is 6. The number of aromatic nitrogens is 1. The minimum absolute atomic E-state index is 1.18. The van der Waals surface area contributed by atoms with Gasteiger partial charge in [0.15, 0.2) is 0 Å². The van der Waals surface area contributed by atoms with Crippen LogP contribution in [-0.2, 0) is 0 Å². The van der Waals surface area contributed by atoms with Crippen LogP contribution in [0.2, 0.25) is 0 Å².